The highest BCUT2D eigenvalue weighted by Crippen LogP contribution is 2.35. The zero-order valence-electron chi connectivity index (χ0n) is 19.5. The summed E-state index contributed by atoms with van der Waals surface area (Å²) >= 11 is 7.62. The molecule has 1 aliphatic heterocycles. The topological polar surface area (TPSA) is 122 Å². The van der Waals surface area contributed by atoms with Crippen molar-refractivity contribution in [2.24, 2.45) is 4.99 Å². The first-order chi connectivity index (χ1) is 17.7. The molecule has 11 heteroatoms. The van der Waals surface area contributed by atoms with Crippen LogP contribution in [0, 0.1) is 10.1 Å². The number of amides is 1. The van der Waals surface area contributed by atoms with Gasteiger partial charge in [-0.1, -0.05) is 17.7 Å². The summed E-state index contributed by atoms with van der Waals surface area (Å²) < 4.78 is 5.75. The fraction of sp³-hybridized carbons (Fsp3) is 0.115. The molecule has 1 aliphatic rings. The second-order valence-electron chi connectivity index (χ2n) is 7.81. The third kappa shape index (κ3) is 6.16. The molecule has 188 valence electrons. The van der Waals surface area contributed by atoms with Gasteiger partial charge >= 0.3 is 5.97 Å². The number of carbonyl (C=O) groups is 2. The fourth-order valence-electron chi connectivity index (χ4n) is 3.41. The van der Waals surface area contributed by atoms with Gasteiger partial charge in [-0.3, -0.25) is 19.8 Å². The van der Waals surface area contributed by atoms with Gasteiger partial charge in [0.1, 0.15) is 12.4 Å². The first kappa shape index (κ1) is 25.9. The molecule has 4 rings (SSSR count). The van der Waals surface area contributed by atoms with E-state index < -0.39 is 10.9 Å². The van der Waals surface area contributed by atoms with E-state index in [0.717, 1.165) is 5.56 Å². The number of halogens is 1. The summed E-state index contributed by atoms with van der Waals surface area (Å²) in [5, 5.41) is 20.7. The third-order valence-electron chi connectivity index (χ3n) is 5.34. The normalized spacial score (nSPS) is 15.4. The summed E-state index contributed by atoms with van der Waals surface area (Å²) in [6, 6.07) is 17.3. The van der Waals surface area contributed by atoms with E-state index in [1.54, 1.807) is 53.4 Å². The van der Waals surface area contributed by atoms with Gasteiger partial charge in [-0.15, -0.1) is 0 Å². The summed E-state index contributed by atoms with van der Waals surface area (Å²) in [6.07, 6.45) is 1.72. The first-order valence-corrected chi connectivity index (χ1v) is 12.2. The smallest absolute Gasteiger partial charge is 0.335 e. The Kier molecular flexibility index (Phi) is 7.90. The third-order valence-corrected chi connectivity index (χ3v) is 6.64. The van der Waals surface area contributed by atoms with Crippen molar-refractivity contribution in [3.05, 3.63) is 103 Å². The van der Waals surface area contributed by atoms with E-state index in [1.807, 2.05) is 6.92 Å². The van der Waals surface area contributed by atoms with Crippen LogP contribution in [0.25, 0.3) is 6.08 Å². The standard InChI is InChI=1S/C26H20ClN3O6S/c1-2-29-24(31)23(37-26(29)28-19-8-6-18(7-9-19)25(32)33)14-17-5-12-22(21(27)13-17)36-15-16-3-10-20(11-4-16)30(34)35/h3-14H,2,15H2,1H3,(H,32,33)/b23-14-,28-26?. The number of nitro benzene ring substituents is 1. The SMILES string of the molecule is CCN1C(=O)/C(=C/c2ccc(OCc3ccc([N+](=O)[O-])cc3)c(Cl)c2)SC1=Nc1ccc(C(=O)O)cc1. The van der Waals surface area contributed by atoms with Crippen LogP contribution >= 0.6 is 23.4 Å². The average Bonchev–Trinajstić information content (AvgIpc) is 3.17. The molecule has 3 aromatic rings. The molecule has 0 aliphatic carbocycles. The number of aliphatic imine (C=N–C) groups is 1. The van der Waals surface area contributed by atoms with Crippen molar-refractivity contribution >= 4 is 57.9 Å². The van der Waals surface area contributed by atoms with Crippen LogP contribution in [0.2, 0.25) is 5.02 Å². The lowest BCUT2D eigenvalue weighted by atomic mass is 10.2. The molecule has 1 heterocycles. The number of ether oxygens (including phenoxy) is 1. The van der Waals surface area contributed by atoms with Crippen LogP contribution in [0.5, 0.6) is 5.75 Å². The van der Waals surface area contributed by atoms with Crippen LogP contribution < -0.4 is 4.74 Å². The minimum atomic E-state index is -1.02. The van der Waals surface area contributed by atoms with Gasteiger partial charge in [-0.25, -0.2) is 9.79 Å². The van der Waals surface area contributed by atoms with Gasteiger partial charge in [0.05, 0.1) is 26.1 Å². The number of carbonyl (C=O) groups excluding carboxylic acids is 1. The number of amidine groups is 1. The van der Waals surface area contributed by atoms with Crippen molar-refractivity contribution in [2.45, 2.75) is 13.5 Å². The number of non-ortho nitro benzene ring substituents is 1. The minimum absolute atomic E-state index is 0.00411. The molecule has 0 unspecified atom stereocenters. The maximum absolute atomic E-state index is 12.9. The van der Waals surface area contributed by atoms with Gasteiger partial charge < -0.3 is 9.84 Å². The lowest BCUT2D eigenvalue weighted by Gasteiger charge is -2.12. The number of carboxylic acid groups (broad SMARTS) is 1. The lowest BCUT2D eigenvalue weighted by Crippen LogP contribution is -2.28. The van der Waals surface area contributed by atoms with E-state index in [-0.39, 0.29) is 23.8 Å². The Morgan fingerprint density at radius 2 is 1.86 bits per heavy atom. The average molecular weight is 538 g/mol. The molecule has 0 aromatic heterocycles. The Morgan fingerprint density at radius 1 is 1.16 bits per heavy atom. The Labute approximate surface area is 221 Å². The predicted octanol–water partition coefficient (Wildman–Crippen LogP) is 6.15. The zero-order chi connectivity index (χ0) is 26.5. The number of nitrogens with zero attached hydrogens (tertiary/aromatic N) is 3. The summed E-state index contributed by atoms with van der Waals surface area (Å²) in [6.45, 7) is 2.45. The van der Waals surface area contributed by atoms with Gasteiger partial charge in [0, 0.05) is 18.7 Å². The molecule has 0 atom stereocenters. The number of hydrogen-bond acceptors (Lipinski definition) is 7. The van der Waals surface area contributed by atoms with Crippen molar-refractivity contribution < 1.29 is 24.4 Å². The van der Waals surface area contributed by atoms with E-state index in [2.05, 4.69) is 4.99 Å². The number of benzene rings is 3. The molecule has 1 fully saturated rings. The molecule has 1 amide bonds. The fourth-order valence-corrected chi connectivity index (χ4v) is 4.72. The van der Waals surface area contributed by atoms with Crippen LogP contribution in [0.15, 0.2) is 76.6 Å². The van der Waals surface area contributed by atoms with Gasteiger partial charge in [0.2, 0.25) is 0 Å². The zero-order valence-corrected chi connectivity index (χ0v) is 21.0. The van der Waals surface area contributed by atoms with E-state index in [0.29, 0.717) is 38.6 Å². The molecule has 0 saturated carbocycles. The summed E-state index contributed by atoms with van der Waals surface area (Å²) in [4.78, 5) is 40.9. The van der Waals surface area contributed by atoms with Crippen LogP contribution in [0.3, 0.4) is 0 Å². The van der Waals surface area contributed by atoms with Crippen molar-refractivity contribution in [3.63, 3.8) is 0 Å². The Morgan fingerprint density at radius 3 is 2.46 bits per heavy atom. The largest absolute Gasteiger partial charge is 0.487 e. The molecule has 1 N–H and O–H groups in total. The number of nitro groups is 1. The molecule has 1 saturated heterocycles. The Bertz CT molecular complexity index is 1420. The highest BCUT2D eigenvalue weighted by molar-refractivity contribution is 8.18. The first-order valence-electron chi connectivity index (χ1n) is 11.0. The molecular formula is C26H20ClN3O6S. The molecule has 9 nitrogen and oxygen atoms in total. The number of likely N-dealkylation sites (N-methyl/N-ethyl adjacent to an activating group) is 1. The number of carboxylic acids is 1. The maximum Gasteiger partial charge on any atom is 0.335 e. The molecular weight excluding hydrogens is 518 g/mol. The van der Waals surface area contributed by atoms with Gasteiger partial charge in [-0.05, 0) is 84.4 Å². The highest BCUT2D eigenvalue weighted by atomic mass is 35.5. The van der Waals surface area contributed by atoms with Crippen molar-refractivity contribution in [1.82, 2.24) is 4.90 Å². The highest BCUT2D eigenvalue weighted by Gasteiger charge is 2.32. The van der Waals surface area contributed by atoms with Gasteiger partial charge in [0.25, 0.3) is 11.6 Å². The van der Waals surface area contributed by atoms with Crippen LogP contribution in [-0.4, -0.2) is 38.5 Å². The Balaban J connectivity index is 1.48. The molecule has 0 radical (unpaired) electrons. The molecule has 37 heavy (non-hydrogen) atoms. The second kappa shape index (κ2) is 11.3. The van der Waals surface area contributed by atoms with Gasteiger partial charge in [-0.2, -0.15) is 0 Å². The minimum Gasteiger partial charge on any atom is -0.487 e. The Hall–Kier alpha value is -4.15. The number of thioether (sulfide) groups is 1. The van der Waals surface area contributed by atoms with Gasteiger partial charge in [0.15, 0.2) is 5.17 Å². The lowest BCUT2D eigenvalue weighted by molar-refractivity contribution is -0.384. The maximum atomic E-state index is 12.9. The van der Waals surface area contributed by atoms with E-state index in [9.17, 15) is 19.7 Å². The van der Waals surface area contributed by atoms with Crippen LogP contribution in [-0.2, 0) is 11.4 Å². The predicted molar refractivity (Wildman–Crippen MR) is 142 cm³/mol. The van der Waals surface area contributed by atoms with Crippen molar-refractivity contribution in [3.8, 4) is 5.75 Å². The van der Waals surface area contributed by atoms with Crippen molar-refractivity contribution in [2.75, 3.05) is 6.54 Å². The summed E-state index contributed by atoms with van der Waals surface area (Å²) in [5.41, 5.74) is 2.16. The quantitative estimate of drug-likeness (QED) is 0.208. The number of rotatable bonds is 8. The number of hydrogen-bond donors (Lipinski definition) is 1. The molecule has 0 spiro atoms. The van der Waals surface area contributed by atoms with E-state index in [1.165, 1.54) is 36.0 Å². The summed E-state index contributed by atoms with van der Waals surface area (Å²) in [7, 11) is 0. The molecule has 0 bridgehead atoms. The molecule has 3 aromatic carbocycles. The monoisotopic (exact) mass is 537 g/mol. The van der Waals surface area contributed by atoms with Crippen LogP contribution in [0.4, 0.5) is 11.4 Å². The summed E-state index contributed by atoms with van der Waals surface area (Å²) in [5.74, 6) is -0.774. The van der Waals surface area contributed by atoms with Crippen molar-refractivity contribution in [1.29, 1.82) is 0 Å². The van der Waals surface area contributed by atoms with E-state index in [4.69, 9.17) is 21.4 Å². The van der Waals surface area contributed by atoms with Crippen LogP contribution in [0.1, 0.15) is 28.4 Å². The van der Waals surface area contributed by atoms with E-state index >= 15 is 0 Å². The second-order valence-corrected chi connectivity index (χ2v) is 9.22. The number of aromatic carboxylic acids is 1.